The first kappa shape index (κ1) is 18.2. The predicted molar refractivity (Wildman–Crippen MR) is 98.2 cm³/mol. The molecule has 1 aliphatic carbocycles. The molecule has 136 valence electrons. The molecule has 2 N–H and O–H groups in total. The number of carbonyl (C=O) groups is 2. The van der Waals surface area contributed by atoms with Crippen molar-refractivity contribution in [1.82, 2.24) is 9.80 Å². The Hall–Kier alpha value is -1.59. The molecule has 0 bridgehead atoms. The Morgan fingerprint density at radius 1 is 1.16 bits per heavy atom. The zero-order valence-corrected chi connectivity index (χ0v) is 15.6. The van der Waals surface area contributed by atoms with Gasteiger partial charge in [-0.05, 0) is 43.9 Å². The van der Waals surface area contributed by atoms with E-state index in [9.17, 15) is 9.59 Å². The predicted octanol–water partition coefficient (Wildman–Crippen LogP) is 1.74. The third kappa shape index (κ3) is 2.74. The summed E-state index contributed by atoms with van der Waals surface area (Å²) in [7, 11) is 2.17. The zero-order valence-electron chi connectivity index (χ0n) is 14.8. The smallest absolute Gasteiger partial charge is 0.238 e. The fraction of sp³-hybridized carbons (Fsp3) is 0.579. The number of amides is 2. The van der Waals surface area contributed by atoms with E-state index in [1.54, 1.807) is 0 Å². The second kappa shape index (κ2) is 6.29. The summed E-state index contributed by atoms with van der Waals surface area (Å²) < 4.78 is 0. The van der Waals surface area contributed by atoms with Gasteiger partial charge in [-0.3, -0.25) is 14.5 Å². The van der Waals surface area contributed by atoms with E-state index in [1.165, 1.54) is 11.1 Å². The van der Waals surface area contributed by atoms with E-state index in [-0.39, 0.29) is 18.3 Å². The van der Waals surface area contributed by atoms with Gasteiger partial charge in [0.15, 0.2) is 0 Å². The number of nitrogens with two attached hydrogens (primary N) is 1. The Kier molecular flexibility index (Phi) is 4.58. The van der Waals surface area contributed by atoms with Crippen molar-refractivity contribution in [3.05, 3.63) is 35.4 Å². The van der Waals surface area contributed by atoms with Gasteiger partial charge >= 0.3 is 0 Å². The number of halogens is 1. The molecule has 2 saturated heterocycles. The number of rotatable bonds is 3. The summed E-state index contributed by atoms with van der Waals surface area (Å²) in [4.78, 5) is 28.8. The molecule has 25 heavy (non-hydrogen) atoms. The number of benzene rings is 1. The average Bonchev–Trinajstić information content (AvgIpc) is 3.18. The highest BCUT2D eigenvalue weighted by Crippen LogP contribution is 2.50. The molecule has 3 fully saturated rings. The van der Waals surface area contributed by atoms with E-state index in [1.807, 2.05) is 4.90 Å². The number of fused-ring (bicyclic) bond motifs is 1. The fourth-order valence-electron chi connectivity index (χ4n) is 4.80. The lowest BCUT2D eigenvalue weighted by Gasteiger charge is -2.29. The van der Waals surface area contributed by atoms with E-state index in [0.717, 1.165) is 19.6 Å². The van der Waals surface area contributed by atoms with Gasteiger partial charge in [-0.2, -0.15) is 0 Å². The molecule has 2 heterocycles. The van der Waals surface area contributed by atoms with Crippen molar-refractivity contribution in [2.75, 3.05) is 26.7 Å². The monoisotopic (exact) mass is 363 g/mol. The summed E-state index contributed by atoms with van der Waals surface area (Å²) >= 11 is 0. The molecule has 4 rings (SSSR count). The van der Waals surface area contributed by atoms with Crippen molar-refractivity contribution in [2.45, 2.75) is 25.8 Å². The van der Waals surface area contributed by atoms with Crippen LogP contribution in [0.5, 0.6) is 0 Å². The van der Waals surface area contributed by atoms with Crippen LogP contribution in [0.3, 0.4) is 0 Å². The van der Waals surface area contributed by atoms with Crippen molar-refractivity contribution >= 4 is 24.2 Å². The molecule has 0 radical (unpaired) electrons. The van der Waals surface area contributed by atoms with Crippen LogP contribution < -0.4 is 5.73 Å². The third-order valence-electron chi connectivity index (χ3n) is 6.32. The molecule has 1 aromatic carbocycles. The Balaban J connectivity index is 0.00000182. The summed E-state index contributed by atoms with van der Waals surface area (Å²) in [6.45, 7) is 4.64. The molecule has 3 aliphatic rings. The molecule has 5 nitrogen and oxygen atoms in total. The number of hydrogen-bond acceptors (Lipinski definition) is 3. The zero-order chi connectivity index (χ0) is 17.1. The number of carbonyl (C=O) groups excluding carboxylic acids is 2. The average molecular weight is 364 g/mol. The minimum Gasteiger partial charge on any atom is -0.369 e. The van der Waals surface area contributed by atoms with Crippen LogP contribution in [0.15, 0.2) is 24.3 Å². The van der Waals surface area contributed by atoms with E-state index >= 15 is 0 Å². The summed E-state index contributed by atoms with van der Waals surface area (Å²) in [5.74, 6) is 0.434. The van der Waals surface area contributed by atoms with E-state index in [2.05, 4.69) is 43.1 Å². The molecule has 0 unspecified atom stereocenters. The molecule has 2 aliphatic heterocycles. The first-order valence-corrected chi connectivity index (χ1v) is 8.79. The van der Waals surface area contributed by atoms with Gasteiger partial charge in [0, 0.05) is 31.6 Å². The highest BCUT2D eigenvalue weighted by atomic mass is 35.5. The largest absolute Gasteiger partial charge is 0.369 e. The minimum absolute atomic E-state index is 0. The van der Waals surface area contributed by atoms with Crippen molar-refractivity contribution in [2.24, 2.45) is 23.0 Å². The van der Waals surface area contributed by atoms with Crippen LogP contribution in [0.25, 0.3) is 0 Å². The van der Waals surface area contributed by atoms with E-state index < -0.39 is 11.3 Å². The van der Waals surface area contributed by atoms with Crippen molar-refractivity contribution < 1.29 is 9.59 Å². The maximum Gasteiger partial charge on any atom is 0.238 e. The highest BCUT2D eigenvalue weighted by molar-refractivity contribution is 6.07. The number of likely N-dealkylation sites (tertiary alicyclic amines) is 2. The quantitative estimate of drug-likeness (QED) is 0.832. The highest BCUT2D eigenvalue weighted by Gasteiger charge is 2.59. The van der Waals surface area contributed by atoms with Gasteiger partial charge in [0.1, 0.15) is 5.41 Å². The number of hydrogen-bond donors (Lipinski definition) is 1. The van der Waals surface area contributed by atoms with Crippen molar-refractivity contribution in [1.29, 1.82) is 0 Å². The maximum atomic E-state index is 12.8. The number of aryl methyl sites for hydroxylation is 1. The van der Waals surface area contributed by atoms with Crippen LogP contribution in [-0.4, -0.2) is 48.3 Å². The van der Waals surface area contributed by atoms with Gasteiger partial charge in [0.05, 0.1) is 0 Å². The first-order chi connectivity index (χ1) is 11.4. The third-order valence-corrected chi connectivity index (χ3v) is 6.32. The maximum absolute atomic E-state index is 12.8. The molecule has 1 saturated carbocycles. The number of nitrogens with zero attached hydrogens (tertiary/aromatic N) is 2. The summed E-state index contributed by atoms with van der Waals surface area (Å²) in [6.07, 6.45) is 1.24. The molecule has 0 spiro atoms. The lowest BCUT2D eigenvalue weighted by Crippen LogP contribution is -2.43. The van der Waals surface area contributed by atoms with Crippen molar-refractivity contribution in [3.8, 4) is 0 Å². The Morgan fingerprint density at radius 2 is 1.84 bits per heavy atom. The topological polar surface area (TPSA) is 66.6 Å². The lowest BCUT2D eigenvalue weighted by atomic mass is 9.88. The molecular formula is C19H26ClN3O2. The normalized spacial score (nSPS) is 29.8. The lowest BCUT2D eigenvalue weighted by molar-refractivity contribution is -0.142. The van der Waals surface area contributed by atoms with Crippen molar-refractivity contribution in [3.63, 3.8) is 0 Å². The second-order valence-electron chi connectivity index (χ2n) is 7.82. The second-order valence-corrected chi connectivity index (χ2v) is 7.82. The molecule has 0 aromatic heterocycles. The van der Waals surface area contributed by atoms with Gasteiger partial charge in [0.2, 0.25) is 11.8 Å². The molecule has 1 aromatic rings. The Bertz CT molecular complexity index is 704. The Labute approximate surface area is 154 Å². The van der Waals surface area contributed by atoms with Crippen LogP contribution in [0, 0.1) is 24.2 Å². The molecule has 2 amide bonds. The summed E-state index contributed by atoms with van der Waals surface area (Å²) in [6, 6.07) is 8.86. The van der Waals surface area contributed by atoms with Crippen LogP contribution in [0.1, 0.15) is 30.0 Å². The van der Waals surface area contributed by atoms with Gasteiger partial charge in [-0.25, -0.2) is 0 Å². The van der Waals surface area contributed by atoms with Crippen LogP contribution in [0.4, 0.5) is 0 Å². The molecule has 6 heteroatoms. The minimum atomic E-state index is -0.886. The van der Waals surface area contributed by atoms with Crippen LogP contribution in [-0.2, 0) is 9.59 Å². The number of primary amides is 1. The first-order valence-electron chi connectivity index (χ1n) is 8.79. The van der Waals surface area contributed by atoms with Crippen LogP contribution in [0.2, 0.25) is 0 Å². The summed E-state index contributed by atoms with van der Waals surface area (Å²) in [5.41, 5.74) is 7.26. The van der Waals surface area contributed by atoms with Gasteiger partial charge in [-0.15, -0.1) is 12.4 Å². The van der Waals surface area contributed by atoms with Gasteiger partial charge in [0.25, 0.3) is 0 Å². The standard InChI is InChI=1S/C19H25N3O2.ClH/c1-12-5-3-4-6-14(12)16-15-11-22(10-13(15)9-21(16)2)18(24)19(7-8-19)17(20)23;/h3-6,13,15-16H,7-11H2,1-2H3,(H2,20,23);1H/t13-,15+,16+;/m0./s1. The molecule has 3 atom stereocenters. The van der Waals surface area contributed by atoms with E-state index in [0.29, 0.717) is 30.7 Å². The van der Waals surface area contributed by atoms with Gasteiger partial charge in [-0.1, -0.05) is 24.3 Å². The van der Waals surface area contributed by atoms with E-state index in [4.69, 9.17) is 5.73 Å². The SMILES string of the molecule is Cc1ccccc1[C@@H]1[C@@H]2CN(C(=O)C3(C(N)=O)CC3)C[C@@H]2CN1C.Cl. The Morgan fingerprint density at radius 3 is 2.44 bits per heavy atom. The fourth-order valence-corrected chi connectivity index (χ4v) is 4.80. The molecular weight excluding hydrogens is 338 g/mol. The van der Waals surface area contributed by atoms with Gasteiger partial charge < -0.3 is 10.6 Å². The summed E-state index contributed by atoms with van der Waals surface area (Å²) in [5, 5.41) is 0. The van der Waals surface area contributed by atoms with Crippen LogP contribution >= 0.6 is 12.4 Å².